The molecule has 2 aliphatic rings. The van der Waals surface area contributed by atoms with E-state index >= 15 is 0 Å². The van der Waals surface area contributed by atoms with Gasteiger partial charge in [-0.2, -0.15) is 0 Å². The maximum absolute atomic E-state index is 2.45. The number of hydrogen-bond donors (Lipinski definition) is 0. The van der Waals surface area contributed by atoms with Gasteiger partial charge in [0, 0.05) is 34.1 Å². The van der Waals surface area contributed by atoms with E-state index in [1.807, 2.05) is 0 Å². The zero-order chi connectivity index (χ0) is 30.7. The van der Waals surface area contributed by atoms with Crippen molar-refractivity contribution in [2.45, 2.75) is 73.1 Å². The highest BCUT2D eigenvalue weighted by atomic mass is 15.4. The summed E-state index contributed by atoms with van der Waals surface area (Å²) in [7, 11) is 0. The molecule has 0 aliphatic carbocycles. The molecule has 0 bridgehead atoms. The molecule has 4 nitrogen and oxygen atoms in total. The van der Waals surface area contributed by atoms with E-state index in [0.717, 1.165) is 13.3 Å². The number of allylic oxidation sites excluding steroid dienone is 2. The van der Waals surface area contributed by atoms with Gasteiger partial charge in [-0.1, -0.05) is 77.9 Å². The Balaban J connectivity index is 1.30. The van der Waals surface area contributed by atoms with E-state index < -0.39 is 0 Å². The van der Waals surface area contributed by atoms with Crippen LogP contribution in [0.3, 0.4) is 0 Å². The first-order chi connectivity index (χ1) is 20.3. The van der Waals surface area contributed by atoms with E-state index in [9.17, 15) is 0 Å². The first kappa shape index (κ1) is 28.9. The number of benzene rings is 4. The van der Waals surface area contributed by atoms with Gasteiger partial charge in [-0.25, -0.2) is 0 Å². The van der Waals surface area contributed by atoms with Crippen LogP contribution < -0.4 is 19.6 Å². The molecule has 0 atom stereocenters. The van der Waals surface area contributed by atoms with Gasteiger partial charge < -0.3 is 19.6 Å². The lowest BCUT2D eigenvalue weighted by Gasteiger charge is -2.27. The third kappa shape index (κ3) is 5.40. The Morgan fingerprint density at radius 2 is 0.814 bits per heavy atom. The monoisotopic (exact) mass is 570 g/mol. The first-order valence-corrected chi connectivity index (χ1v) is 15.5. The third-order valence-corrected chi connectivity index (χ3v) is 9.12. The zero-order valence-corrected chi connectivity index (χ0v) is 27.4. The summed E-state index contributed by atoms with van der Waals surface area (Å²) in [6.07, 6.45) is 0. The molecule has 2 heterocycles. The number of hydrogen-bond acceptors (Lipinski definition) is 4. The summed E-state index contributed by atoms with van der Waals surface area (Å²) in [6, 6.07) is 34.0. The molecule has 0 spiro atoms. The molecule has 0 fully saturated rings. The Hall–Kier alpha value is -4.18. The molecule has 0 unspecified atom stereocenters. The number of nitrogens with zero attached hydrogens (tertiary/aromatic N) is 4. The quantitative estimate of drug-likeness (QED) is 0.242. The van der Waals surface area contributed by atoms with E-state index in [1.54, 1.807) is 0 Å². The van der Waals surface area contributed by atoms with Crippen LogP contribution in [0.25, 0.3) is 0 Å². The fourth-order valence-corrected chi connectivity index (χ4v) is 6.29. The van der Waals surface area contributed by atoms with E-state index in [0.29, 0.717) is 0 Å². The second-order valence-electron chi connectivity index (χ2n) is 14.3. The van der Waals surface area contributed by atoms with E-state index in [2.05, 4.69) is 173 Å². The summed E-state index contributed by atoms with van der Waals surface area (Å²) in [5, 5.41) is 0. The number of anilines is 6. The lowest BCUT2D eigenvalue weighted by Crippen LogP contribution is -2.28. The predicted octanol–water partition coefficient (Wildman–Crippen LogP) is 10.4. The van der Waals surface area contributed by atoms with Gasteiger partial charge in [0.05, 0.1) is 18.0 Å². The summed E-state index contributed by atoms with van der Waals surface area (Å²) < 4.78 is 0. The van der Waals surface area contributed by atoms with Crippen LogP contribution in [-0.4, -0.2) is 13.3 Å². The van der Waals surface area contributed by atoms with Crippen molar-refractivity contribution in [2.75, 3.05) is 32.9 Å². The number of fused-ring (bicyclic) bond motifs is 1. The largest absolute Gasteiger partial charge is 0.325 e. The van der Waals surface area contributed by atoms with Gasteiger partial charge in [0.2, 0.25) is 0 Å². The third-order valence-electron chi connectivity index (χ3n) is 9.12. The number of aryl methyl sites for hydroxylation is 1. The van der Waals surface area contributed by atoms with E-state index in [4.69, 9.17) is 0 Å². The van der Waals surface area contributed by atoms with Gasteiger partial charge in [0.25, 0.3) is 0 Å². The Kier molecular flexibility index (Phi) is 7.07. The molecule has 0 radical (unpaired) electrons. The Labute approximate surface area is 258 Å². The van der Waals surface area contributed by atoms with Crippen LogP contribution in [0.15, 0.2) is 102 Å². The SMILES string of the molecule is CC1=C(C)N(c2cc(C)cc(N3CN(c4ccc(C(C)(C)C)cc4)c4ccccc43)c2)CN1c1ccc(C(C)(C)C)cc1. The minimum absolute atomic E-state index is 0.136. The molecule has 2 aliphatic heterocycles. The van der Waals surface area contributed by atoms with Gasteiger partial charge in [-0.3, -0.25) is 0 Å². The van der Waals surface area contributed by atoms with Crippen molar-refractivity contribution in [3.05, 3.63) is 119 Å². The van der Waals surface area contributed by atoms with Crippen LogP contribution in [0.2, 0.25) is 0 Å². The van der Waals surface area contributed by atoms with Gasteiger partial charge in [0.1, 0.15) is 6.67 Å². The highest BCUT2D eigenvalue weighted by Gasteiger charge is 2.30. The Morgan fingerprint density at radius 3 is 1.28 bits per heavy atom. The minimum atomic E-state index is 0.136. The van der Waals surface area contributed by atoms with Crippen molar-refractivity contribution in [1.29, 1.82) is 0 Å². The topological polar surface area (TPSA) is 13.0 Å². The van der Waals surface area contributed by atoms with Crippen molar-refractivity contribution < 1.29 is 0 Å². The number of para-hydroxylation sites is 2. The molecule has 0 saturated heterocycles. The molecule has 0 saturated carbocycles. The average molecular weight is 571 g/mol. The minimum Gasteiger partial charge on any atom is -0.325 e. The maximum Gasteiger partial charge on any atom is 0.100 e. The molecule has 43 heavy (non-hydrogen) atoms. The average Bonchev–Trinajstić information content (AvgIpc) is 3.50. The summed E-state index contributed by atoms with van der Waals surface area (Å²) in [5.74, 6) is 0. The Morgan fingerprint density at radius 1 is 0.442 bits per heavy atom. The number of rotatable bonds is 4. The lowest BCUT2D eigenvalue weighted by atomic mass is 9.87. The van der Waals surface area contributed by atoms with Gasteiger partial charge in [-0.05, 0) is 103 Å². The van der Waals surface area contributed by atoms with Crippen molar-refractivity contribution >= 4 is 34.1 Å². The molecule has 4 aromatic carbocycles. The molecule has 222 valence electrons. The first-order valence-electron chi connectivity index (χ1n) is 15.5. The highest BCUT2D eigenvalue weighted by molar-refractivity contribution is 5.87. The van der Waals surface area contributed by atoms with Crippen molar-refractivity contribution in [2.24, 2.45) is 0 Å². The molecule has 0 aromatic heterocycles. The van der Waals surface area contributed by atoms with Crippen molar-refractivity contribution in [3.63, 3.8) is 0 Å². The molecule has 0 N–H and O–H groups in total. The molecular formula is C39H46N4. The molecular weight excluding hydrogens is 524 g/mol. The van der Waals surface area contributed by atoms with Crippen LogP contribution in [0.1, 0.15) is 72.1 Å². The fourth-order valence-electron chi connectivity index (χ4n) is 6.29. The highest BCUT2D eigenvalue weighted by Crippen LogP contribution is 2.45. The smallest absolute Gasteiger partial charge is 0.100 e. The lowest BCUT2D eigenvalue weighted by molar-refractivity contribution is 0.590. The zero-order valence-electron chi connectivity index (χ0n) is 27.4. The molecule has 4 heteroatoms. The summed E-state index contributed by atoms with van der Waals surface area (Å²) in [5.41, 5.74) is 14.2. The van der Waals surface area contributed by atoms with E-state index in [-0.39, 0.29) is 10.8 Å². The summed E-state index contributed by atoms with van der Waals surface area (Å²) in [6.45, 7) is 21.9. The van der Waals surface area contributed by atoms with Gasteiger partial charge in [0.15, 0.2) is 0 Å². The van der Waals surface area contributed by atoms with Crippen LogP contribution in [-0.2, 0) is 10.8 Å². The van der Waals surface area contributed by atoms with Crippen molar-refractivity contribution in [3.8, 4) is 0 Å². The van der Waals surface area contributed by atoms with Crippen LogP contribution in [0, 0.1) is 6.92 Å². The van der Waals surface area contributed by atoms with Crippen LogP contribution in [0.4, 0.5) is 34.1 Å². The van der Waals surface area contributed by atoms with E-state index in [1.165, 1.54) is 62.2 Å². The maximum atomic E-state index is 2.45. The predicted molar refractivity (Wildman–Crippen MR) is 185 cm³/mol. The molecule has 0 amide bonds. The normalized spacial score (nSPS) is 15.6. The second kappa shape index (κ2) is 10.5. The fraction of sp³-hybridized carbons (Fsp3) is 0.333. The standard InChI is InChI=1S/C39H46N4/c1-27-22-34(41-25-40(28(2)29(41)3)32-18-14-30(15-19-32)38(4,5)6)24-35(23-27)43-26-42(36-12-10-11-13-37(36)43)33-20-16-31(17-21-33)39(7,8)9/h10-24H,25-26H2,1-9H3. The Bertz CT molecular complexity index is 1670. The molecule has 4 aromatic rings. The summed E-state index contributed by atoms with van der Waals surface area (Å²) >= 11 is 0. The van der Waals surface area contributed by atoms with Gasteiger partial charge >= 0.3 is 0 Å². The second-order valence-corrected chi connectivity index (χ2v) is 14.3. The van der Waals surface area contributed by atoms with Crippen molar-refractivity contribution in [1.82, 2.24) is 0 Å². The van der Waals surface area contributed by atoms with Crippen LogP contribution >= 0.6 is 0 Å². The summed E-state index contributed by atoms with van der Waals surface area (Å²) in [4.78, 5) is 9.76. The van der Waals surface area contributed by atoms with Gasteiger partial charge in [-0.15, -0.1) is 0 Å². The molecule has 6 rings (SSSR count). The van der Waals surface area contributed by atoms with Crippen LogP contribution in [0.5, 0.6) is 0 Å².